The highest BCUT2D eigenvalue weighted by Gasteiger charge is 2.19. The lowest BCUT2D eigenvalue weighted by Crippen LogP contribution is -2.37. The molecule has 3 nitrogen and oxygen atoms in total. The van der Waals surface area contributed by atoms with Gasteiger partial charge in [0.1, 0.15) is 0 Å². The minimum absolute atomic E-state index is 0.0535. The van der Waals surface area contributed by atoms with Gasteiger partial charge in [0.25, 0.3) is 0 Å². The second-order valence-corrected chi connectivity index (χ2v) is 4.74. The van der Waals surface area contributed by atoms with Gasteiger partial charge in [0.15, 0.2) is 0 Å². The molecule has 0 aromatic carbocycles. The Balaban J connectivity index is 2.25. The van der Waals surface area contributed by atoms with E-state index in [9.17, 15) is 4.79 Å². The number of hydrogen-bond donors (Lipinski definition) is 0. The summed E-state index contributed by atoms with van der Waals surface area (Å²) in [6.45, 7) is 6.42. The second-order valence-electron chi connectivity index (χ2n) is 4.74. The monoisotopic (exact) mass is 227 g/mol. The maximum atomic E-state index is 11.6. The Hall–Kier alpha value is -0.570. The summed E-state index contributed by atoms with van der Waals surface area (Å²) in [5.41, 5.74) is 0. The molecule has 1 aliphatic rings. The average Bonchev–Trinajstić information content (AvgIpc) is 2.45. The van der Waals surface area contributed by atoms with Crippen molar-refractivity contribution < 1.29 is 9.53 Å². The van der Waals surface area contributed by atoms with Crippen LogP contribution in [0.25, 0.3) is 0 Å². The number of likely N-dealkylation sites (tertiary alicyclic amines) is 1. The van der Waals surface area contributed by atoms with Crippen LogP contribution in [0.4, 0.5) is 0 Å². The SMILES string of the molecule is CCCCOC(=O)CN1CCCCCC1C. The zero-order valence-corrected chi connectivity index (χ0v) is 10.7. The molecule has 1 fully saturated rings. The molecule has 94 valence electrons. The molecule has 1 heterocycles. The summed E-state index contributed by atoms with van der Waals surface area (Å²) < 4.78 is 5.19. The number of carbonyl (C=O) groups excluding carboxylic acids is 1. The van der Waals surface area contributed by atoms with Crippen LogP contribution in [-0.4, -0.2) is 36.6 Å². The molecule has 1 rings (SSSR count). The Morgan fingerprint density at radius 2 is 2.19 bits per heavy atom. The molecule has 0 aliphatic carbocycles. The molecule has 0 radical (unpaired) electrons. The molecule has 1 saturated heterocycles. The molecule has 0 aromatic rings. The fourth-order valence-electron chi connectivity index (χ4n) is 2.11. The number of nitrogens with zero attached hydrogens (tertiary/aromatic N) is 1. The Morgan fingerprint density at radius 1 is 1.38 bits per heavy atom. The first kappa shape index (κ1) is 13.5. The van der Waals surface area contributed by atoms with E-state index in [-0.39, 0.29) is 5.97 Å². The normalized spacial score (nSPS) is 22.8. The standard InChI is InChI=1S/C13H25NO2/c1-3-4-10-16-13(15)11-14-9-7-5-6-8-12(14)2/h12H,3-11H2,1-2H3. The summed E-state index contributed by atoms with van der Waals surface area (Å²) in [5.74, 6) is -0.0535. The first-order valence-corrected chi connectivity index (χ1v) is 6.63. The average molecular weight is 227 g/mol. The van der Waals surface area contributed by atoms with Gasteiger partial charge in [0, 0.05) is 6.04 Å². The van der Waals surface area contributed by atoms with Gasteiger partial charge in [-0.1, -0.05) is 26.2 Å². The molecular weight excluding hydrogens is 202 g/mol. The largest absolute Gasteiger partial charge is 0.465 e. The van der Waals surface area contributed by atoms with E-state index < -0.39 is 0 Å². The van der Waals surface area contributed by atoms with E-state index in [2.05, 4.69) is 18.7 Å². The van der Waals surface area contributed by atoms with Gasteiger partial charge in [0.05, 0.1) is 13.2 Å². The van der Waals surface area contributed by atoms with Gasteiger partial charge in [-0.15, -0.1) is 0 Å². The minimum atomic E-state index is -0.0535. The van der Waals surface area contributed by atoms with Gasteiger partial charge in [-0.2, -0.15) is 0 Å². The Labute approximate surface area is 99.1 Å². The summed E-state index contributed by atoms with van der Waals surface area (Å²) in [4.78, 5) is 13.8. The summed E-state index contributed by atoms with van der Waals surface area (Å²) in [6.07, 6.45) is 7.07. The Morgan fingerprint density at radius 3 is 2.94 bits per heavy atom. The molecule has 0 N–H and O–H groups in total. The molecule has 0 aromatic heterocycles. The minimum Gasteiger partial charge on any atom is -0.465 e. The fourth-order valence-corrected chi connectivity index (χ4v) is 2.11. The third-order valence-electron chi connectivity index (χ3n) is 3.28. The second kappa shape index (κ2) is 7.66. The lowest BCUT2D eigenvalue weighted by atomic mass is 10.1. The van der Waals surface area contributed by atoms with Gasteiger partial charge in [-0.05, 0) is 32.7 Å². The Bertz CT molecular complexity index is 206. The number of ether oxygens (including phenoxy) is 1. The molecule has 0 bridgehead atoms. The van der Waals surface area contributed by atoms with E-state index in [0.29, 0.717) is 19.2 Å². The topological polar surface area (TPSA) is 29.5 Å². The number of rotatable bonds is 5. The predicted molar refractivity (Wildman–Crippen MR) is 65.4 cm³/mol. The van der Waals surface area contributed by atoms with Crippen LogP contribution in [0.1, 0.15) is 52.4 Å². The van der Waals surface area contributed by atoms with Crippen LogP contribution < -0.4 is 0 Å². The molecule has 3 heteroatoms. The van der Waals surface area contributed by atoms with Gasteiger partial charge in [0.2, 0.25) is 0 Å². The zero-order chi connectivity index (χ0) is 11.8. The summed E-state index contributed by atoms with van der Waals surface area (Å²) in [6, 6.07) is 0.529. The molecule has 0 spiro atoms. The molecule has 16 heavy (non-hydrogen) atoms. The Kier molecular flexibility index (Phi) is 6.46. The van der Waals surface area contributed by atoms with E-state index in [1.807, 2.05) is 0 Å². The summed E-state index contributed by atoms with van der Waals surface area (Å²) in [5, 5.41) is 0. The van der Waals surface area contributed by atoms with Crippen molar-refractivity contribution in [3.8, 4) is 0 Å². The smallest absolute Gasteiger partial charge is 0.320 e. The van der Waals surface area contributed by atoms with Crippen molar-refractivity contribution in [3.05, 3.63) is 0 Å². The van der Waals surface area contributed by atoms with Crippen LogP contribution in [0.3, 0.4) is 0 Å². The fraction of sp³-hybridized carbons (Fsp3) is 0.923. The summed E-state index contributed by atoms with van der Waals surface area (Å²) in [7, 11) is 0. The maximum absolute atomic E-state index is 11.6. The van der Waals surface area contributed by atoms with Crippen molar-refractivity contribution in [2.75, 3.05) is 19.7 Å². The van der Waals surface area contributed by atoms with E-state index >= 15 is 0 Å². The number of unbranched alkanes of at least 4 members (excludes halogenated alkanes) is 1. The van der Waals surface area contributed by atoms with Crippen LogP contribution in [0.2, 0.25) is 0 Å². The highest BCUT2D eigenvalue weighted by Crippen LogP contribution is 2.15. The lowest BCUT2D eigenvalue weighted by Gasteiger charge is -2.25. The molecule has 1 aliphatic heterocycles. The van der Waals surface area contributed by atoms with Crippen LogP contribution in [-0.2, 0) is 9.53 Å². The van der Waals surface area contributed by atoms with Crippen LogP contribution in [0.15, 0.2) is 0 Å². The van der Waals surface area contributed by atoms with Crippen molar-refractivity contribution >= 4 is 5.97 Å². The maximum Gasteiger partial charge on any atom is 0.320 e. The van der Waals surface area contributed by atoms with E-state index in [0.717, 1.165) is 19.4 Å². The van der Waals surface area contributed by atoms with E-state index in [1.165, 1.54) is 25.7 Å². The van der Waals surface area contributed by atoms with Crippen LogP contribution in [0, 0.1) is 0 Å². The van der Waals surface area contributed by atoms with Crippen LogP contribution >= 0.6 is 0 Å². The number of hydrogen-bond acceptors (Lipinski definition) is 3. The highest BCUT2D eigenvalue weighted by atomic mass is 16.5. The van der Waals surface area contributed by atoms with Gasteiger partial charge >= 0.3 is 5.97 Å². The molecule has 0 saturated carbocycles. The lowest BCUT2D eigenvalue weighted by molar-refractivity contribution is -0.145. The molecule has 0 amide bonds. The van der Waals surface area contributed by atoms with Crippen molar-refractivity contribution in [3.63, 3.8) is 0 Å². The van der Waals surface area contributed by atoms with Crippen molar-refractivity contribution in [2.24, 2.45) is 0 Å². The quantitative estimate of drug-likeness (QED) is 0.534. The summed E-state index contributed by atoms with van der Waals surface area (Å²) >= 11 is 0. The van der Waals surface area contributed by atoms with Crippen molar-refractivity contribution in [1.29, 1.82) is 0 Å². The predicted octanol–water partition coefficient (Wildman–Crippen LogP) is 2.59. The van der Waals surface area contributed by atoms with Crippen molar-refractivity contribution in [2.45, 2.75) is 58.4 Å². The zero-order valence-electron chi connectivity index (χ0n) is 10.7. The van der Waals surface area contributed by atoms with Crippen molar-refractivity contribution in [1.82, 2.24) is 4.90 Å². The first-order valence-electron chi connectivity index (χ1n) is 6.63. The van der Waals surface area contributed by atoms with Gasteiger partial charge < -0.3 is 4.74 Å². The number of esters is 1. The first-order chi connectivity index (χ1) is 7.74. The van der Waals surface area contributed by atoms with Crippen LogP contribution in [0.5, 0.6) is 0 Å². The van der Waals surface area contributed by atoms with Gasteiger partial charge in [-0.25, -0.2) is 0 Å². The van der Waals surface area contributed by atoms with Gasteiger partial charge in [-0.3, -0.25) is 9.69 Å². The third kappa shape index (κ3) is 4.97. The van der Waals surface area contributed by atoms with E-state index in [1.54, 1.807) is 0 Å². The van der Waals surface area contributed by atoms with E-state index in [4.69, 9.17) is 4.74 Å². The molecule has 1 unspecified atom stereocenters. The third-order valence-corrected chi connectivity index (χ3v) is 3.28. The molecule has 1 atom stereocenters. The number of carbonyl (C=O) groups is 1. The molecular formula is C13H25NO2. The highest BCUT2D eigenvalue weighted by molar-refractivity contribution is 5.71.